The van der Waals surface area contributed by atoms with Crippen molar-refractivity contribution < 1.29 is 19.2 Å². The predicted octanol–water partition coefficient (Wildman–Crippen LogP) is 0.137. The number of carbonyl (C=O) groups is 2. The maximum absolute atomic E-state index is 10.8. The number of rotatable bonds is 5. The van der Waals surface area contributed by atoms with Gasteiger partial charge in [0.2, 0.25) is 0 Å². The second kappa shape index (κ2) is 6.60. The molecule has 0 aromatic rings. The van der Waals surface area contributed by atoms with Crippen LogP contribution in [0.5, 0.6) is 0 Å². The first kappa shape index (κ1) is 10.9. The fraction of sp³-hybridized carbons (Fsp3) is 0.714. The maximum Gasteiger partial charge on any atom is 0.325 e. The van der Waals surface area contributed by atoms with E-state index in [1.165, 1.54) is 0 Å². The van der Waals surface area contributed by atoms with E-state index in [-0.39, 0.29) is 12.8 Å². The molecule has 0 aliphatic heterocycles. The van der Waals surface area contributed by atoms with E-state index in [1.807, 2.05) is 6.92 Å². The first-order valence-corrected chi connectivity index (χ1v) is 3.76. The van der Waals surface area contributed by atoms with Gasteiger partial charge in [-0.3, -0.25) is 9.59 Å². The Balaban J connectivity index is 3.37. The molecule has 0 atom stereocenters. The molecule has 0 spiro atoms. The van der Waals surface area contributed by atoms with Gasteiger partial charge < -0.3 is 9.57 Å². The van der Waals surface area contributed by atoms with E-state index in [0.717, 1.165) is 6.42 Å². The summed E-state index contributed by atoms with van der Waals surface area (Å²) < 4.78 is 4.70. The Kier molecular flexibility index (Phi) is 6.00. The van der Waals surface area contributed by atoms with E-state index < -0.39 is 11.9 Å². The van der Waals surface area contributed by atoms with Crippen LogP contribution in [0.15, 0.2) is 0 Å². The smallest absolute Gasteiger partial charge is 0.325 e. The number of hydrogen-bond acceptors (Lipinski definition) is 5. The molecule has 70 valence electrons. The summed E-state index contributed by atoms with van der Waals surface area (Å²) in [5.41, 5.74) is 0. The molecule has 0 unspecified atom stereocenters. The average molecular weight is 175 g/mol. The van der Waals surface area contributed by atoms with E-state index >= 15 is 0 Å². The lowest BCUT2D eigenvalue weighted by atomic mass is 10.3. The zero-order valence-corrected chi connectivity index (χ0v) is 7.04. The molecule has 12 heavy (non-hydrogen) atoms. The fourth-order valence-corrected chi connectivity index (χ4v) is 0.551. The predicted molar refractivity (Wildman–Crippen MR) is 40.8 cm³/mol. The number of esters is 1. The molecular weight excluding hydrogens is 162 g/mol. The van der Waals surface area contributed by atoms with E-state index in [9.17, 15) is 9.59 Å². The first-order valence-electron chi connectivity index (χ1n) is 3.76. The highest BCUT2D eigenvalue weighted by molar-refractivity contribution is 5.77. The molecule has 0 aromatic carbocycles. The van der Waals surface area contributed by atoms with Crippen molar-refractivity contribution in [2.24, 2.45) is 5.90 Å². The van der Waals surface area contributed by atoms with Crippen molar-refractivity contribution in [3.63, 3.8) is 0 Å². The van der Waals surface area contributed by atoms with E-state index in [1.54, 1.807) is 0 Å². The summed E-state index contributed by atoms with van der Waals surface area (Å²) in [6.07, 6.45) is 0.766. The lowest BCUT2D eigenvalue weighted by Crippen LogP contribution is -2.13. The number of carbonyl (C=O) groups excluding carboxylic acids is 2. The zero-order chi connectivity index (χ0) is 9.40. The minimum absolute atomic E-state index is 0.0238. The van der Waals surface area contributed by atoms with Gasteiger partial charge >= 0.3 is 11.9 Å². The fourth-order valence-electron chi connectivity index (χ4n) is 0.551. The van der Waals surface area contributed by atoms with Crippen molar-refractivity contribution in [1.29, 1.82) is 0 Å². The largest absolute Gasteiger partial charge is 0.466 e. The van der Waals surface area contributed by atoms with Gasteiger partial charge in [-0.1, -0.05) is 6.92 Å². The Morgan fingerprint density at radius 3 is 2.33 bits per heavy atom. The van der Waals surface area contributed by atoms with Crippen LogP contribution in [-0.2, 0) is 19.2 Å². The molecule has 2 N–H and O–H groups in total. The lowest BCUT2D eigenvalue weighted by Gasteiger charge is -2.00. The van der Waals surface area contributed by atoms with Crippen molar-refractivity contribution >= 4 is 11.9 Å². The van der Waals surface area contributed by atoms with Gasteiger partial charge in [-0.2, -0.15) is 5.90 Å². The molecule has 0 aliphatic carbocycles. The highest BCUT2D eigenvalue weighted by Gasteiger charge is 2.07. The SMILES string of the molecule is CCCOC(=O)CCC(=O)ON. The van der Waals surface area contributed by atoms with Crippen LogP contribution < -0.4 is 5.90 Å². The number of ether oxygens (including phenoxy) is 1. The maximum atomic E-state index is 10.8. The molecule has 5 heteroatoms. The molecule has 0 saturated carbocycles. The van der Waals surface area contributed by atoms with Gasteiger partial charge in [-0.15, -0.1) is 0 Å². The summed E-state index contributed by atoms with van der Waals surface area (Å²) in [7, 11) is 0. The monoisotopic (exact) mass is 175 g/mol. The minimum atomic E-state index is -0.608. The normalized spacial score (nSPS) is 9.17. The van der Waals surface area contributed by atoms with E-state index in [4.69, 9.17) is 4.74 Å². The van der Waals surface area contributed by atoms with Crippen LogP contribution in [0.1, 0.15) is 26.2 Å². The van der Waals surface area contributed by atoms with Gasteiger partial charge in [-0.25, -0.2) is 0 Å². The van der Waals surface area contributed by atoms with Crippen molar-refractivity contribution in [2.45, 2.75) is 26.2 Å². The Hall–Kier alpha value is -1.10. The second-order valence-electron chi connectivity index (χ2n) is 2.21. The summed E-state index contributed by atoms with van der Waals surface area (Å²) in [6.45, 7) is 2.28. The summed E-state index contributed by atoms with van der Waals surface area (Å²) in [5.74, 6) is 3.55. The van der Waals surface area contributed by atoms with Gasteiger partial charge in [0.15, 0.2) is 0 Å². The molecular formula is C7H13NO4. The quantitative estimate of drug-likeness (QED) is 0.475. The van der Waals surface area contributed by atoms with Gasteiger partial charge in [0.1, 0.15) is 0 Å². The highest BCUT2D eigenvalue weighted by atomic mass is 16.7. The third kappa shape index (κ3) is 5.67. The van der Waals surface area contributed by atoms with Crippen molar-refractivity contribution in [2.75, 3.05) is 6.61 Å². The van der Waals surface area contributed by atoms with Crippen molar-refractivity contribution in [3.05, 3.63) is 0 Å². The standard InChI is InChI=1S/C7H13NO4/c1-2-5-11-6(9)3-4-7(10)12-8/h2-5,8H2,1H3. The molecule has 0 radical (unpaired) electrons. The summed E-state index contributed by atoms with van der Waals surface area (Å²) in [6, 6.07) is 0. The van der Waals surface area contributed by atoms with Crippen LogP contribution in [0.2, 0.25) is 0 Å². The average Bonchev–Trinajstić information content (AvgIpc) is 2.10. The Bertz CT molecular complexity index is 157. The third-order valence-electron chi connectivity index (χ3n) is 1.13. The molecule has 0 amide bonds. The van der Waals surface area contributed by atoms with Crippen LogP contribution in [0.3, 0.4) is 0 Å². The van der Waals surface area contributed by atoms with Crippen molar-refractivity contribution in [3.8, 4) is 0 Å². The van der Waals surface area contributed by atoms with E-state index in [2.05, 4.69) is 10.7 Å². The summed E-state index contributed by atoms with van der Waals surface area (Å²) in [5, 5.41) is 0. The van der Waals surface area contributed by atoms with Gasteiger partial charge in [0.05, 0.1) is 19.4 Å². The molecule has 0 bridgehead atoms. The van der Waals surface area contributed by atoms with Gasteiger partial charge in [-0.05, 0) is 6.42 Å². The van der Waals surface area contributed by atoms with Crippen LogP contribution in [0.4, 0.5) is 0 Å². The molecule has 0 heterocycles. The summed E-state index contributed by atoms with van der Waals surface area (Å²) >= 11 is 0. The minimum Gasteiger partial charge on any atom is -0.466 e. The third-order valence-corrected chi connectivity index (χ3v) is 1.13. The highest BCUT2D eigenvalue weighted by Crippen LogP contribution is 1.94. The van der Waals surface area contributed by atoms with Crippen LogP contribution in [0.25, 0.3) is 0 Å². The first-order chi connectivity index (χ1) is 5.70. The Labute approximate surface area is 70.8 Å². The Morgan fingerprint density at radius 1 is 1.25 bits per heavy atom. The Morgan fingerprint density at radius 2 is 1.83 bits per heavy atom. The van der Waals surface area contributed by atoms with Gasteiger partial charge in [0, 0.05) is 0 Å². The molecule has 5 nitrogen and oxygen atoms in total. The number of nitrogens with two attached hydrogens (primary N) is 1. The molecule has 0 saturated heterocycles. The van der Waals surface area contributed by atoms with Crippen LogP contribution in [0, 0.1) is 0 Å². The van der Waals surface area contributed by atoms with Crippen molar-refractivity contribution in [1.82, 2.24) is 0 Å². The van der Waals surface area contributed by atoms with Crippen LogP contribution in [-0.4, -0.2) is 18.5 Å². The lowest BCUT2D eigenvalue weighted by molar-refractivity contribution is -0.150. The second-order valence-corrected chi connectivity index (χ2v) is 2.21. The topological polar surface area (TPSA) is 78.6 Å². The molecule has 0 rings (SSSR count). The number of hydrogen-bond donors (Lipinski definition) is 1. The molecule has 0 aromatic heterocycles. The molecule has 0 aliphatic rings. The van der Waals surface area contributed by atoms with Gasteiger partial charge in [0.25, 0.3) is 0 Å². The zero-order valence-electron chi connectivity index (χ0n) is 7.04. The summed E-state index contributed by atoms with van der Waals surface area (Å²) in [4.78, 5) is 25.0. The van der Waals surface area contributed by atoms with Crippen LogP contribution >= 0.6 is 0 Å². The van der Waals surface area contributed by atoms with E-state index in [0.29, 0.717) is 6.61 Å². The molecule has 0 fully saturated rings.